The van der Waals surface area contributed by atoms with Crippen LogP contribution in [0.1, 0.15) is 18.9 Å². The summed E-state index contributed by atoms with van der Waals surface area (Å²) >= 11 is 0. The minimum Gasteiger partial charge on any atom is -0.480 e. The van der Waals surface area contributed by atoms with Crippen LogP contribution in [-0.2, 0) is 31.7 Å². The summed E-state index contributed by atoms with van der Waals surface area (Å²) in [4.78, 5) is 36.7. The molecule has 4 N–H and O–H groups in total. The molecule has 2 rings (SSSR count). The van der Waals surface area contributed by atoms with Gasteiger partial charge in [0.1, 0.15) is 18.7 Å². The molecule has 2 aromatic rings. The van der Waals surface area contributed by atoms with Crippen molar-refractivity contribution in [3.63, 3.8) is 0 Å². The number of alkyl carbamates (subject to hydrolysis) is 1. The van der Waals surface area contributed by atoms with Crippen LogP contribution in [0.3, 0.4) is 0 Å². The van der Waals surface area contributed by atoms with Crippen LogP contribution in [0, 0.1) is 0 Å². The lowest BCUT2D eigenvalue weighted by molar-refractivity contribution is -0.142. The summed E-state index contributed by atoms with van der Waals surface area (Å²) < 4.78 is 17.4. The number of aliphatic hydroxyl groups is 1. The van der Waals surface area contributed by atoms with E-state index in [1.807, 2.05) is 6.07 Å². The predicted molar refractivity (Wildman–Crippen MR) is 117 cm³/mol. The zero-order valence-corrected chi connectivity index (χ0v) is 18.3. The van der Waals surface area contributed by atoms with E-state index in [0.29, 0.717) is 4.90 Å². The third-order valence-corrected chi connectivity index (χ3v) is 5.87. The highest BCUT2D eigenvalue weighted by atomic mass is 32.2. The Balaban J connectivity index is 1.92. The minimum absolute atomic E-state index is 0.00709. The van der Waals surface area contributed by atoms with Crippen LogP contribution in [0.4, 0.5) is 4.79 Å². The molecule has 4 atom stereocenters. The number of carbonyl (C=O) groups excluding carboxylic acids is 2. The van der Waals surface area contributed by atoms with Crippen LogP contribution in [0.5, 0.6) is 0 Å². The number of carbonyl (C=O) groups is 3. The third kappa shape index (κ3) is 8.12. The Bertz CT molecular complexity index is 922. The predicted octanol–water partition coefficient (Wildman–Crippen LogP) is 1.43. The first-order chi connectivity index (χ1) is 15.3. The lowest BCUT2D eigenvalue weighted by Gasteiger charge is -2.23. The van der Waals surface area contributed by atoms with E-state index >= 15 is 0 Å². The molecule has 172 valence electrons. The molecule has 0 radical (unpaired) electrons. The maximum atomic E-state index is 12.5. The number of nitrogens with one attached hydrogen (secondary N) is 2. The molecule has 32 heavy (non-hydrogen) atoms. The molecular weight excluding hydrogens is 436 g/mol. The lowest BCUT2D eigenvalue weighted by Crippen LogP contribution is -2.56. The molecule has 0 fully saturated rings. The van der Waals surface area contributed by atoms with Gasteiger partial charge in [0.05, 0.1) is 16.9 Å². The molecule has 0 saturated heterocycles. The first-order valence-corrected chi connectivity index (χ1v) is 11.2. The molecule has 0 spiro atoms. The highest BCUT2D eigenvalue weighted by Crippen LogP contribution is 2.09. The summed E-state index contributed by atoms with van der Waals surface area (Å²) in [6, 6.07) is 14.6. The number of amides is 2. The third-order valence-electron chi connectivity index (χ3n) is 4.46. The topological polar surface area (TPSA) is 142 Å². The Morgan fingerprint density at radius 2 is 1.59 bits per heavy atom. The van der Waals surface area contributed by atoms with Gasteiger partial charge in [-0.15, -0.1) is 0 Å². The SMILES string of the molecule is C[C@@H](O)[C@H](NC(=O)OCc1ccccc1)C(=O)N[C@@H](CC[S@@](=O)c1ccccc1)C(=O)O. The molecule has 2 aromatic carbocycles. The van der Waals surface area contributed by atoms with Crippen molar-refractivity contribution in [2.24, 2.45) is 0 Å². The van der Waals surface area contributed by atoms with E-state index in [-0.39, 0.29) is 18.8 Å². The highest BCUT2D eigenvalue weighted by molar-refractivity contribution is 7.85. The number of rotatable bonds is 11. The second-order valence-electron chi connectivity index (χ2n) is 6.98. The Labute approximate surface area is 188 Å². The van der Waals surface area contributed by atoms with Gasteiger partial charge in [-0.05, 0) is 31.0 Å². The highest BCUT2D eigenvalue weighted by Gasteiger charge is 2.30. The molecule has 0 aliphatic carbocycles. The van der Waals surface area contributed by atoms with E-state index in [0.717, 1.165) is 5.56 Å². The fourth-order valence-electron chi connectivity index (χ4n) is 2.73. The van der Waals surface area contributed by atoms with Crippen molar-refractivity contribution < 1.29 is 33.5 Å². The number of ether oxygens (including phenoxy) is 1. The fraction of sp³-hybridized carbons (Fsp3) is 0.318. The molecule has 0 aromatic heterocycles. The van der Waals surface area contributed by atoms with Gasteiger partial charge in [-0.2, -0.15) is 0 Å². The summed E-state index contributed by atoms with van der Waals surface area (Å²) in [5, 5.41) is 23.9. The van der Waals surface area contributed by atoms with Gasteiger partial charge >= 0.3 is 12.1 Å². The number of carboxylic acids is 1. The number of hydrogen-bond donors (Lipinski definition) is 4. The van der Waals surface area contributed by atoms with Crippen molar-refractivity contribution in [1.29, 1.82) is 0 Å². The van der Waals surface area contributed by atoms with Gasteiger partial charge in [0.2, 0.25) is 5.91 Å². The molecule has 9 nitrogen and oxygen atoms in total. The molecule has 0 saturated carbocycles. The van der Waals surface area contributed by atoms with Gasteiger partial charge in [0.15, 0.2) is 0 Å². The van der Waals surface area contributed by atoms with Crippen molar-refractivity contribution in [3.05, 3.63) is 66.2 Å². The van der Waals surface area contributed by atoms with Crippen LogP contribution in [-0.4, -0.2) is 56.3 Å². The van der Waals surface area contributed by atoms with Crippen LogP contribution in [0.25, 0.3) is 0 Å². The summed E-state index contributed by atoms with van der Waals surface area (Å²) in [6.07, 6.45) is -2.35. The Morgan fingerprint density at radius 3 is 2.16 bits per heavy atom. The molecule has 0 aliphatic heterocycles. The number of benzene rings is 2. The second kappa shape index (κ2) is 12.6. The zero-order chi connectivity index (χ0) is 23.5. The summed E-state index contributed by atoms with van der Waals surface area (Å²) in [7, 11) is -1.44. The Morgan fingerprint density at radius 1 is 1.00 bits per heavy atom. The molecule has 10 heteroatoms. The van der Waals surface area contributed by atoms with Gasteiger partial charge in [0, 0.05) is 10.6 Å². The summed E-state index contributed by atoms with van der Waals surface area (Å²) in [5.74, 6) is -2.21. The molecule has 0 aliphatic rings. The number of aliphatic hydroxyl groups excluding tert-OH is 1. The van der Waals surface area contributed by atoms with E-state index in [1.165, 1.54) is 6.92 Å². The smallest absolute Gasteiger partial charge is 0.408 e. The van der Waals surface area contributed by atoms with Crippen LogP contribution < -0.4 is 10.6 Å². The number of aliphatic carboxylic acids is 1. The largest absolute Gasteiger partial charge is 0.480 e. The number of hydrogen-bond acceptors (Lipinski definition) is 6. The molecule has 0 heterocycles. The Hall–Kier alpha value is -3.24. The van der Waals surface area contributed by atoms with Gasteiger partial charge in [-0.3, -0.25) is 9.00 Å². The van der Waals surface area contributed by atoms with E-state index < -0.39 is 47.0 Å². The van der Waals surface area contributed by atoms with Gasteiger partial charge < -0.3 is 25.6 Å². The van der Waals surface area contributed by atoms with E-state index in [2.05, 4.69) is 10.6 Å². The summed E-state index contributed by atoms with van der Waals surface area (Å²) in [5.41, 5.74) is 0.734. The number of carboxylic acid groups (broad SMARTS) is 1. The quantitative estimate of drug-likeness (QED) is 0.396. The van der Waals surface area contributed by atoms with Crippen molar-refractivity contribution in [1.82, 2.24) is 10.6 Å². The van der Waals surface area contributed by atoms with Crippen LogP contribution in [0.2, 0.25) is 0 Å². The van der Waals surface area contributed by atoms with Crippen molar-refractivity contribution in [2.45, 2.75) is 43.0 Å². The van der Waals surface area contributed by atoms with Crippen molar-refractivity contribution >= 4 is 28.8 Å². The standard InChI is InChI=1S/C22H26N2O7S/c1-15(25)19(24-22(29)31-14-16-8-4-2-5-9-16)20(26)23-18(21(27)28)12-13-32(30)17-10-6-3-7-11-17/h2-11,15,18-19,25H,12-14H2,1H3,(H,23,26)(H,24,29)(H,27,28)/t15-,18+,19+,32-/m1/s1. The second-order valence-corrected chi connectivity index (χ2v) is 8.55. The Kier molecular flexibility index (Phi) is 9.83. The molecule has 2 amide bonds. The van der Waals surface area contributed by atoms with Crippen molar-refractivity contribution in [3.8, 4) is 0 Å². The van der Waals surface area contributed by atoms with Crippen LogP contribution in [0.15, 0.2) is 65.6 Å². The van der Waals surface area contributed by atoms with E-state index in [1.54, 1.807) is 54.6 Å². The maximum Gasteiger partial charge on any atom is 0.408 e. The van der Waals surface area contributed by atoms with Gasteiger partial charge in [-0.1, -0.05) is 48.5 Å². The molecular formula is C22H26N2O7S. The molecule has 0 bridgehead atoms. The van der Waals surface area contributed by atoms with E-state index in [9.17, 15) is 28.8 Å². The monoisotopic (exact) mass is 462 g/mol. The fourth-order valence-corrected chi connectivity index (χ4v) is 3.88. The molecule has 0 unspecified atom stereocenters. The van der Waals surface area contributed by atoms with Gasteiger partial charge in [0.25, 0.3) is 0 Å². The first kappa shape index (κ1) is 25.0. The zero-order valence-electron chi connectivity index (χ0n) is 17.5. The average Bonchev–Trinajstić information content (AvgIpc) is 2.79. The van der Waals surface area contributed by atoms with Crippen LogP contribution >= 0.6 is 0 Å². The van der Waals surface area contributed by atoms with E-state index in [4.69, 9.17) is 4.74 Å². The van der Waals surface area contributed by atoms with Crippen molar-refractivity contribution in [2.75, 3.05) is 5.75 Å². The summed E-state index contributed by atoms with van der Waals surface area (Å²) in [6.45, 7) is 1.24. The van der Waals surface area contributed by atoms with Gasteiger partial charge in [-0.25, -0.2) is 9.59 Å². The normalized spacial score (nSPS) is 14.4. The first-order valence-electron chi connectivity index (χ1n) is 9.89. The average molecular weight is 463 g/mol. The minimum atomic E-state index is -1.44. The maximum absolute atomic E-state index is 12.5. The lowest BCUT2D eigenvalue weighted by atomic mass is 10.1.